The number of carbonyl (C=O) groups excluding carboxylic acids is 2. The summed E-state index contributed by atoms with van der Waals surface area (Å²) in [7, 11) is 0. The monoisotopic (exact) mass is 695 g/mol. The molecule has 0 unspecified atom stereocenters. The van der Waals surface area contributed by atoms with E-state index in [1.807, 2.05) is 12.1 Å². The Hall–Kier alpha value is -3.97. The van der Waals surface area contributed by atoms with E-state index in [1.54, 1.807) is 42.5 Å². The number of benzene rings is 2. The first-order valence-corrected chi connectivity index (χ1v) is 17.1. The van der Waals surface area contributed by atoms with E-state index in [1.165, 1.54) is 6.92 Å². The Morgan fingerprint density at radius 2 is 1.66 bits per heavy atom. The Labute approximate surface area is 289 Å². The molecule has 0 bridgehead atoms. The van der Waals surface area contributed by atoms with Crippen LogP contribution in [0.4, 0.5) is 32.4 Å². The normalized spacial score (nSPS) is 28.1. The van der Waals surface area contributed by atoms with Gasteiger partial charge in [0.05, 0.1) is 0 Å². The molecule has 2 aromatic carbocycles. The van der Waals surface area contributed by atoms with Gasteiger partial charge in [-0.1, -0.05) is 69.4 Å². The first-order chi connectivity index (χ1) is 23.4. The third kappa shape index (κ3) is 6.16. The topological polar surface area (TPSA) is 75.6 Å². The number of rotatable bonds is 4. The van der Waals surface area contributed by atoms with Gasteiger partial charge in [0, 0.05) is 29.0 Å². The van der Waals surface area contributed by atoms with E-state index >= 15 is 8.78 Å². The van der Waals surface area contributed by atoms with Crippen molar-refractivity contribution in [3.05, 3.63) is 88.0 Å². The molecule has 266 valence electrons. The minimum atomic E-state index is -5.90. The zero-order valence-electron chi connectivity index (χ0n) is 28.6. The van der Waals surface area contributed by atoms with Gasteiger partial charge in [0.1, 0.15) is 5.60 Å². The second-order valence-electron chi connectivity index (χ2n) is 15.4. The minimum Gasteiger partial charge on any atom is -0.436 e. The van der Waals surface area contributed by atoms with Crippen LogP contribution >= 0.6 is 0 Å². The summed E-state index contributed by atoms with van der Waals surface area (Å²) in [5.41, 5.74) is 0.964. The third-order valence-electron chi connectivity index (χ3n) is 11.6. The van der Waals surface area contributed by atoms with Gasteiger partial charge < -0.3 is 9.84 Å². The second kappa shape index (κ2) is 12.7. The molecule has 0 aromatic heterocycles. The maximum Gasteiger partial charge on any atom is 0.456 e. The highest BCUT2D eigenvalue weighted by Crippen LogP contribution is 2.70. The summed E-state index contributed by atoms with van der Waals surface area (Å²) in [5.74, 6) is -0.908. The predicted molar refractivity (Wildman–Crippen MR) is 180 cm³/mol. The molecule has 0 aliphatic heterocycles. The Morgan fingerprint density at radius 3 is 2.30 bits per heavy atom. The van der Waals surface area contributed by atoms with Gasteiger partial charge in [-0.2, -0.15) is 22.0 Å². The molecular weight excluding hydrogens is 653 g/mol. The Balaban J connectivity index is 1.23. The fourth-order valence-electron chi connectivity index (χ4n) is 8.96. The van der Waals surface area contributed by atoms with Crippen molar-refractivity contribution in [1.29, 1.82) is 0 Å². The van der Waals surface area contributed by atoms with Crippen molar-refractivity contribution in [2.24, 2.45) is 17.3 Å². The van der Waals surface area contributed by atoms with Crippen molar-refractivity contribution >= 4 is 17.6 Å². The molecule has 4 aliphatic rings. The van der Waals surface area contributed by atoms with Crippen LogP contribution in [0, 0.1) is 29.1 Å². The van der Waals surface area contributed by atoms with E-state index in [0.717, 1.165) is 27.8 Å². The lowest BCUT2D eigenvalue weighted by molar-refractivity contribution is -0.362. The maximum absolute atomic E-state index is 15.2. The van der Waals surface area contributed by atoms with Crippen molar-refractivity contribution in [3.8, 4) is 11.8 Å². The molecule has 6 rings (SSSR count). The maximum atomic E-state index is 15.2. The number of ketones is 1. The molecule has 2 fully saturated rings. The number of hydrogen-bond acceptors (Lipinski definition) is 4. The molecule has 2 saturated carbocycles. The van der Waals surface area contributed by atoms with Gasteiger partial charge in [0.25, 0.3) is 0 Å². The summed E-state index contributed by atoms with van der Waals surface area (Å²) in [6, 6.07) is 14.5. The number of halogens is 5. The van der Waals surface area contributed by atoms with Gasteiger partial charge in [-0.05, 0) is 108 Å². The van der Waals surface area contributed by atoms with Gasteiger partial charge in [0.15, 0.2) is 12.4 Å². The van der Waals surface area contributed by atoms with Crippen LogP contribution in [-0.2, 0) is 14.9 Å². The molecule has 1 amide bonds. The molecule has 4 aliphatic carbocycles. The molecule has 0 spiro atoms. The molecule has 2 aromatic rings. The zero-order valence-corrected chi connectivity index (χ0v) is 28.6. The highest BCUT2D eigenvalue weighted by Gasteiger charge is 2.79. The number of hydrogen-bond donors (Lipinski definition) is 2. The lowest BCUT2D eigenvalue weighted by Gasteiger charge is -2.56. The Morgan fingerprint density at radius 1 is 0.980 bits per heavy atom. The highest BCUT2D eigenvalue weighted by atomic mass is 19.4. The average molecular weight is 696 g/mol. The third-order valence-corrected chi connectivity index (χ3v) is 11.6. The molecule has 5 nitrogen and oxygen atoms in total. The summed E-state index contributed by atoms with van der Waals surface area (Å²) in [5, 5.41) is 14.1. The lowest BCUT2D eigenvalue weighted by atomic mass is 9.50. The summed E-state index contributed by atoms with van der Waals surface area (Å²) in [6.07, 6.45) is -3.71. The van der Waals surface area contributed by atoms with Crippen LogP contribution in [0.2, 0.25) is 0 Å². The van der Waals surface area contributed by atoms with Gasteiger partial charge in [-0.3, -0.25) is 10.1 Å². The standard InChI is InChI=1S/C40H42F5NO4/c1-36(2,3)27-12-14-28(15-13-27)46-35(48)50-21-5-6-24-7-9-25(10-8-24)32-23-37(4)33(19-20-38(37,49)39(41,42)40(43,44)45)31-17-11-26-22-29(47)16-18-30(26)34(31)32/h7-10,12-15,22,31-33,49H,11,16-21,23H2,1-4H3,(H,46,48)/t31-,32+,33-,37-,38-/m0/s1. The number of aliphatic hydroxyl groups is 1. The largest absolute Gasteiger partial charge is 0.456 e. The van der Waals surface area contributed by atoms with Gasteiger partial charge in [-0.25, -0.2) is 4.79 Å². The van der Waals surface area contributed by atoms with Crippen LogP contribution < -0.4 is 5.32 Å². The molecule has 50 heavy (non-hydrogen) atoms. The second-order valence-corrected chi connectivity index (χ2v) is 15.4. The number of carbonyl (C=O) groups is 2. The molecule has 0 radical (unpaired) electrons. The number of amides is 1. The zero-order chi connectivity index (χ0) is 36.3. The van der Waals surface area contributed by atoms with Gasteiger partial charge in [-0.15, -0.1) is 0 Å². The smallest absolute Gasteiger partial charge is 0.436 e. The quantitative estimate of drug-likeness (QED) is 0.247. The molecule has 2 N–H and O–H groups in total. The van der Waals surface area contributed by atoms with E-state index in [2.05, 4.69) is 37.9 Å². The fourth-order valence-corrected chi connectivity index (χ4v) is 8.96. The number of fused-ring (bicyclic) bond motifs is 4. The SMILES string of the molecule is CC(C)(C)c1ccc(NC(=O)OCC#Cc2ccc([C@H]3C[C@@]4(C)[C@@H](CC[C@@]4(O)C(F)(F)C(F)(F)F)[C@@H]4CCC5=CC(=O)CCC5=C43)cc2)cc1. The van der Waals surface area contributed by atoms with Crippen LogP contribution in [0.5, 0.6) is 0 Å². The van der Waals surface area contributed by atoms with Crippen molar-refractivity contribution in [1.82, 2.24) is 0 Å². The molecule has 10 heteroatoms. The Bertz CT molecular complexity index is 1790. The van der Waals surface area contributed by atoms with Crippen molar-refractivity contribution in [2.45, 2.75) is 102 Å². The summed E-state index contributed by atoms with van der Waals surface area (Å²) < 4.78 is 77.2. The predicted octanol–water partition coefficient (Wildman–Crippen LogP) is 9.41. The number of nitrogens with one attached hydrogen (secondary N) is 1. The average Bonchev–Trinajstić information content (AvgIpc) is 3.33. The van der Waals surface area contributed by atoms with Crippen LogP contribution in [-0.4, -0.2) is 41.3 Å². The van der Waals surface area contributed by atoms with Crippen molar-refractivity contribution in [3.63, 3.8) is 0 Å². The van der Waals surface area contributed by atoms with Gasteiger partial charge in [0.2, 0.25) is 0 Å². The van der Waals surface area contributed by atoms with Crippen LogP contribution in [0.3, 0.4) is 0 Å². The number of ether oxygens (including phenoxy) is 1. The molecule has 5 atom stereocenters. The van der Waals surface area contributed by atoms with Crippen LogP contribution in [0.15, 0.2) is 71.3 Å². The van der Waals surface area contributed by atoms with Crippen molar-refractivity contribution in [2.75, 3.05) is 11.9 Å². The van der Waals surface area contributed by atoms with Gasteiger partial charge >= 0.3 is 18.2 Å². The highest BCUT2D eigenvalue weighted by molar-refractivity contribution is 5.93. The summed E-state index contributed by atoms with van der Waals surface area (Å²) >= 11 is 0. The first-order valence-electron chi connectivity index (χ1n) is 17.1. The van der Waals surface area contributed by atoms with E-state index in [4.69, 9.17) is 4.74 Å². The van der Waals surface area contributed by atoms with E-state index in [0.29, 0.717) is 36.9 Å². The molecular formula is C40H42F5NO4. The lowest BCUT2D eigenvalue weighted by Crippen LogP contribution is -2.65. The number of anilines is 1. The number of allylic oxidation sites excluding steroid dienone is 4. The van der Waals surface area contributed by atoms with Crippen LogP contribution in [0.25, 0.3) is 0 Å². The fraction of sp³-hybridized carbons (Fsp3) is 0.500. The first kappa shape index (κ1) is 35.8. The molecule has 0 heterocycles. The summed E-state index contributed by atoms with van der Waals surface area (Å²) in [4.78, 5) is 24.6. The Kier molecular flexibility index (Phi) is 9.08. The minimum absolute atomic E-state index is 0.0197. The summed E-state index contributed by atoms with van der Waals surface area (Å²) in [6.45, 7) is 7.53. The molecule has 0 saturated heterocycles. The van der Waals surface area contributed by atoms with Crippen LogP contribution in [0.1, 0.15) is 95.2 Å². The van der Waals surface area contributed by atoms with E-state index in [9.17, 15) is 27.9 Å². The number of alkyl halides is 5. The van der Waals surface area contributed by atoms with Crippen molar-refractivity contribution < 1.29 is 41.4 Å². The van der Waals surface area contributed by atoms with E-state index < -0.39 is 47.5 Å². The van der Waals surface area contributed by atoms with E-state index in [-0.39, 0.29) is 36.6 Å².